The monoisotopic (exact) mass is 385 g/mol. The van der Waals surface area contributed by atoms with E-state index in [9.17, 15) is 4.79 Å². The van der Waals surface area contributed by atoms with E-state index in [2.05, 4.69) is 10.3 Å². The SMILES string of the molecule is CC(C)(C)n1nc(-c2ccc(N)cc2)c(C=O)c1Nc1ccc2ccccc2n1. The number of carbonyl (C=O) groups excluding carboxylic acids is 1. The maximum Gasteiger partial charge on any atom is 0.156 e. The van der Waals surface area contributed by atoms with E-state index < -0.39 is 0 Å². The summed E-state index contributed by atoms with van der Waals surface area (Å²) in [7, 11) is 0. The van der Waals surface area contributed by atoms with Crippen molar-refractivity contribution in [3.8, 4) is 11.3 Å². The van der Waals surface area contributed by atoms with Crippen molar-refractivity contribution < 1.29 is 4.79 Å². The molecule has 4 rings (SSSR count). The third-order valence-corrected chi connectivity index (χ3v) is 4.70. The summed E-state index contributed by atoms with van der Waals surface area (Å²) in [5.74, 6) is 1.27. The van der Waals surface area contributed by atoms with Crippen LogP contribution in [0.5, 0.6) is 0 Å². The molecule has 0 radical (unpaired) electrons. The zero-order valence-corrected chi connectivity index (χ0v) is 16.7. The summed E-state index contributed by atoms with van der Waals surface area (Å²) in [4.78, 5) is 16.8. The van der Waals surface area contributed by atoms with E-state index in [1.54, 1.807) is 12.1 Å². The minimum Gasteiger partial charge on any atom is -0.399 e. The minimum absolute atomic E-state index is 0.344. The molecule has 0 aliphatic rings. The van der Waals surface area contributed by atoms with E-state index in [0.717, 1.165) is 22.8 Å². The molecule has 146 valence electrons. The number of carbonyl (C=O) groups is 1. The van der Waals surface area contributed by atoms with Gasteiger partial charge in [-0.1, -0.05) is 30.3 Å². The van der Waals surface area contributed by atoms with E-state index in [1.807, 2.05) is 74.0 Å². The molecule has 0 bridgehead atoms. The van der Waals surface area contributed by atoms with Gasteiger partial charge < -0.3 is 11.1 Å². The Kier molecular flexibility index (Phi) is 4.54. The number of hydrogen-bond acceptors (Lipinski definition) is 5. The average molecular weight is 385 g/mol. The summed E-state index contributed by atoms with van der Waals surface area (Å²) in [5, 5.41) is 9.15. The van der Waals surface area contributed by atoms with Crippen LogP contribution in [0.15, 0.2) is 60.7 Å². The lowest BCUT2D eigenvalue weighted by Gasteiger charge is -2.23. The quantitative estimate of drug-likeness (QED) is 0.382. The Balaban J connectivity index is 1.85. The van der Waals surface area contributed by atoms with Gasteiger partial charge >= 0.3 is 0 Å². The molecule has 0 saturated heterocycles. The van der Waals surface area contributed by atoms with Gasteiger partial charge in [0.05, 0.1) is 16.6 Å². The van der Waals surface area contributed by atoms with Gasteiger partial charge in [0, 0.05) is 16.6 Å². The number of fused-ring (bicyclic) bond motifs is 1. The first-order valence-corrected chi connectivity index (χ1v) is 9.44. The molecule has 0 unspecified atom stereocenters. The number of aldehydes is 1. The molecule has 0 saturated carbocycles. The molecule has 0 amide bonds. The van der Waals surface area contributed by atoms with Gasteiger partial charge in [-0.3, -0.25) is 4.79 Å². The Labute approximate surface area is 169 Å². The molecule has 0 fully saturated rings. The molecule has 0 aliphatic carbocycles. The average Bonchev–Trinajstić information content (AvgIpc) is 3.07. The number of anilines is 3. The summed E-state index contributed by atoms with van der Waals surface area (Å²) in [6.07, 6.45) is 0.838. The summed E-state index contributed by atoms with van der Waals surface area (Å²) < 4.78 is 1.83. The van der Waals surface area contributed by atoms with Gasteiger partial charge in [-0.15, -0.1) is 0 Å². The lowest BCUT2D eigenvalue weighted by atomic mass is 10.1. The molecule has 0 aliphatic heterocycles. The van der Waals surface area contributed by atoms with Crippen molar-refractivity contribution in [2.45, 2.75) is 26.3 Å². The highest BCUT2D eigenvalue weighted by Gasteiger charge is 2.26. The molecule has 2 heterocycles. The fraction of sp³-hybridized carbons (Fsp3) is 0.174. The van der Waals surface area contributed by atoms with Crippen LogP contribution in [0, 0.1) is 0 Å². The van der Waals surface area contributed by atoms with Crippen LogP contribution in [0.1, 0.15) is 31.1 Å². The zero-order chi connectivity index (χ0) is 20.6. The molecule has 29 heavy (non-hydrogen) atoms. The fourth-order valence-corrected chi connectivity index (χ4v) is 3.26. The van der Waals surface area contributed by atoms with Crippen LogP contribution < -0.4 is 11.1 Å². The van der Waals surface area contributed by atoms with Crippen molar-refractivity contribution in [2.75, 3.05) is 11.1 Å². The largest absolute Gasteiger partial charge is 0.399 e. The number of nitrogens with two attached hydrogens (primary N) is 1. The molecular formula is C23H23N5O. The predicted molar refractivity (Wildman–Crippen MR) is 117 cm³/mol. The number of para-hydroxylation sites is 1. The van der Waals surface area contributed by atoms with Crippen molar-refractivity contribution in [2.24, 2.45) is 0 Å². The topological polar surface area (TPSA) is 85.8 Å². The van der Waals surface area contributed by atoms with E-state index >= 15 is 0 Å². The van der Waals surface area contributed by atoms with Gasteiger partial charge in [0.15, 0.2) is 6.29 Å². The van der Waals surface area contributed by atoms with Crippen molar-refractivity contribution in [1.82, 2.24) is 14.8 Å². The molecule has 2 aromatic heterocycles. The van der Waals surface area contributed by atoms with Crippen LogP contribution in [0.25, 0.3) is 22.2 Å². The van der Waals surface area contributed by atoms with Crippen molar-refractivity contribution in [3.05, 3.63) is 66.2 Å². The molecule has 4 aromatic rings. The maximum absolute atomic E-state index is 12.1. The molecular weight excluding hydrogens is 362 g/mol. The Morgan fingerprint density at radius 2 is 1.72 bits per heavy atom. The number of rotatable bonds is 4. The molecule has 3 N–H and O–H groups in total. The normalized spacial score (nSPS) is 11.6. The number of nitrogen functional groups attached to an aromatic ring is 1. The van der Waals surface area contributed by atoms with Crippen LogP contribution in [-0.2, 0) is 5.54 Å². The Hall–Kier alpha value is -3.67. The number of pyridine rings is 1. The van der Waals surface area contributed by atoms with E-state index in [4.69, 9.17) is 10.8 Å². The number of nitrogens with one attached hydrogen (secondary N) is 1. The van der Waals surface area contributed by atoms with Crippen molar-refractivity contribution in [3.63, 3.8) is 0 Å². The van der Waals surface area contributed by atoms with Gasteiger partial charge in [0.2, 0.25) is 0 Å². The summed E-state index contributed by atoms with van der Waals surface area (Å²) in [5.41, 5.74) is 8.94. The molecule has 6 nitrogen and oxygen atoms in total. The summed E-state index contributed by atoms with van der Waals surface area (Å²) >= 11 is 0. The standard InChI is InChI=1S/C23H23N5O/c1-23(2,3)28-22(26-20-13-10-15-6-4-5-7-19(15)25-20)18(14-29)21(27-28)16-8-11-17(24)12-9-16/h4-14H,24H2,1-3H3,(H,25,26). The highest BCUT2D eigenvalue weighted by molar-refractivity contribution is 5.93. The summed E-state index contributed by atoms with van der Waals surface area (Å²) in [6.45, 7) is 6.13. The molecule has 6 heteroatoms. The van der Waals surface area contributed by atoms with E-state index in [0.29, 0.717) is 28.6 Å². The predicted octanol–water partition coefficient (Wildman–Crippen LogP) is 4.99. The third kappa shape index (κ3) is 3.57. The number of benzene rings is 2. The number of hydrogen-bond donors (Lipinski definition) is 2. The van der Waals surface area contributed by atoms with Crippen LogP contribution in [-0.4, -0.2) is 21.1 Å². The van der Waals surface area contributed by atoms with Crippen LogP contribution in [0.4, 0.5) is 17.3 Å². The highest BCUT2D eigenvalue weighted by atomic mass is 16.1. The van der Waals surface area contributed by atoms with Gasteiger partial charge in [-0.25, -0.2) is 9.67 Å². The lowest BCUT2D eigenvalue weighted by Crippen LogP contribution is -2.25. The second-order valence-corrected chi connectivity index (χ2v) is 7.95. The first-order valence-electron chi connectivity index (χ1n) is 9.44. The van der Waals surface area contributed by atoms with Gasteiger partial charge in [-0.05, 0) is 51.1 Å². The number of aromatic nitrogens is 3. The Morgan fingerprint density at radius 3 is 2.41 bits per heavy atom. The van der Waals surface area contributed by atoms with Crippen molar-refractivity contribution in [1.29, 1.82) is 0 Å². The molecule has 2 aromatic carbocycles. The van der Waals surface area contributed by atoms with Crippen LogP contribution in [0.2, 0.25) is 0 Å². The van der Waals surface area contributed by atoms with Gasteiger partial charge in [0.1, 0.15) is 17.3 Å². The number of nitrogens with zero attached hydrogens (tertiary/aromatic N) is 3. The van der Waals surface area contributed by atoms with Crippen LogP contribution in [0.3, 0.4) is 0 Å². The molecule has 0 atom stereocenters. The minimum atomic E-state index is -0.344. The highest BCUT2D eigenvalue weighted by Crippen LogP contribution is 2.33. The first kappa shape index (κ1) is 18.7. The lowest BCUT2D eigenvalue weighted by molar-refractivity contribution is 0.112. The molecule has 0 spiro atoms. The first-order chi connectivity index (χ1) is 13.9. The van der Waals surface area contributed by atoms with E-state index in [1.165, 1.54) is 0 Å². The van der Waals surface area contributed by atoms with Crippen LogP contribution >= 0.6 is 0 Å². The van der Waals surface area contributed by atoms with Gasteiger partial charge in [-0.2, -0.15) is 5.10 Å². The zero-order valence-electron chi connectivity index (χ0n) is 16.7. The maximum atomic E-state index is 12.1. The smallest absolute Gasteiger partial charge is 0.156 e. The van der Waals surface area contributed by atoms with Crippen molar-refractivity contribution >= 4 is 34.5 Å². The third-order valence-electron chi connectivity index (χ3n) is 4.70. The fourth-order valence-electron chi connectivity index (χ4n) is 3.26. The van der Waals surface area contributed by atoms with Gasteiger partial charge in [0.25, 0.3) is 0 Å². The Bertz CT molecular complexity index is 1190. The Morgan fingerprint density at radius 1 is 1.00 bits per heavy atom. The second kappa shape index (κ2) is 7.05. The van der Waals surface area contributed by atoms with E-state index in [-0.39, 0.29) is 5.54 Å². The summed E-state index contributed by atoms with van der Waals surface area (Å²) in [6, 6.07) is 19.2. The second-order valence-electron chi connectivity index (χ2n) is 7.95.